The quantitative estimate of drug-likeness (QED) is 0.773. The fourth-order valence-electron chi connectivity index (χ4n) is 4.20. The van der Waals surface area contributed by atoms with Crippen molar-refractivity contribution in [2.75, 3.05) is 42.9 Å². The van der Waals surface area contributed by atoms with Crippen molar-refractivity contribution in [1.29, 1.82) is 0 Å². The molecule has 0 bridgehead atoms. The molecule has 1 saturated heterocycles. The van der Waals surface area contributed by atoms with Gasteiger partial charge < -0.3 is 10.2 Å². The third-order valence-electron chi connectivity index (χ3n) is 5.59. The molecule has 0 aliphatic carbocycles. The zero-order valence-corrected chi connectivity index (χ0v) is 15.2. The van der Waals surface area contributed by atoms with E-state index in [2.05, 4.69) is 50.4 Å². The van der Waals surface area contributed by atoms with Crippen LogP contribution in [0.2, 0.25) is 0 Å². The molecule has 0 amide bonds. The molecule has 1 atom stereocenters. The van der Waals surface area contributed by atoms with Crippen LogP contribution < -0.4 is 15.9 Å². The Kier molecular flexibility index (Phi) is 4.05. The van der Waals surface area contributed by atoms with Crippen molar-refractivity contribution in [3.63, 3.8) is 0 Å². The third-order valence-corrected chi connectivity index (χ3v) is 5.59. The average Bonchev–Trinajstić information content (AvgIpc) is 3.14. The van der Waals surface area contributed by atoms with Crippen molar-refractivity contribution in [3.8, 4) is 0 Å². The van der Waals surface area contributed by atoms with Crippen molar-refractivity contribution < 1.29 is 0 Å². The van der Waals surface area contributed by atoms with Gasteiger partial charge in [0, 0.05) is 43.8 Å². The van der Waals surface area contributed by atoms with E-state index < -0.39 is 0 Å². The molecule has 3 heterocycles. The van der Waals surface area contributed by atoms with Crippen LogP contribution in [0.25, 0.3) is 10.9 Å². The Hall–Kier alpha value is -2.86. The molecule has 1 N–H and O–H groups in total. The molecule has 2 aromatic carbocycles. The summed E-state index contributed by atoms with van der Waals surface area (Å²) in [6.07, 6.45) is 0. The van der Waals surface area contributed by atoms with Gasteiger partial charge in [-0.3, -0.25) is 9.47 Å². The van der Waals surface area contributed by atoms with Gasteiger partial charge in [0.2, 0.25) is 0 Å². The number of piperazine rings is 1. The second-order valence-electron chi connectivity index (χ2n) is 7.34. The smallest absolute Gasteiger partial charge is 0.349 e. The monoisotopic (exact) mass is 361 g/mol. The van der Waals surface area contributed by atoms with E-state index >= 15 is 0 Å². The van der Waals surface area contributed by atoms with E-state index in [9.17, 15) is 4.79 Å². The molecule has 1 aromatic heterocycles. The van der Waals surface area contributed by atoms with Gasteiger partial charge in [-0.25, -0.2) is 4.79 Å². The first-order valence-corrected chi connectivity index (χ1v) is 9.56. The van der Waals surface area contributed by atoms with Crippen LogP contribution in [0.3, 0.4) is 0 Å². The molecule has 2 aliphatic rings. The summed E-state index contributed by atoms with van der Waals surface area (Å²) in [5, 5.41) is 4.60. The van der Waals surface area contributed by atoms with Gasteiger partial charge in [-0.05, 0) is 24.3 Å². The first kappa shape index (κ1) is 16.3. The van der Waals surface area contributed by atoms with Gasteiger partial charge in [-0.2, -0.15) is 4.98 Å². The SMILES string of the molecule is O=c1nc2ccccc2c2n1CC(CN1CCN(c3ccccc3)CC1)N2. The predicted molar refractivity (Wildman–Crippen MR) is 109 cm³/mol. The zero-order valence-electron chi connectivity index (χ0n) is 15.2. The molecule has 138 valence electrons. The molecule has 3 aromatic rings. The first-order valence-electron chi connectivity index (χ1n) is 9.56. The normalized spacial score (nSPS) is 19.9. The maximum Gasteiger partial charge on any atom is 0.349 e. The van der Waals surface area contributed by atoms with Crippen LogP contribution in [0.15, 0.2) is 59.4 Å². The molecule has 6 nitrogen and oxygen atoms in total. The third kappa shape index (κ3) is 3.06. The minimum absolute atomic E-state index is 0.160. The number of para-hydroxylation sites is 2. The number of hydrogen-bond donors (Lipinski definition) is 1. The topological polar surface area (TPSA) is 53.4 Å². The van der Waals surface area contributed by atoms with Crippen LogP contribution in [0.4, 0.5) is 11.5 Å². The lowest BCUT2D eigenvalue weighted by atomic mass is 10.2. The summed E-state index contributed by atoms with van der Waals surface area (Å²) in [5.74, 6) is 0.915. The number of benzene rings is 2. The second-order valence-corrected chi connectivity index (χ2v) is 7.34. The summed E-state index contributed by atoms with van der Waals surface area (Å²) in [6, 6.07) is 18.7. The molecule has 2 aliphatic heterocycles. The lowest BCUT2D eigenvalue weighted by molar-refractivity contribution is 0.245. The summed E-state index contributed by atoms with van der Waals surface area (Å²) in [5.41, 5.74) is 1.90. The highest BCUT2D eigenvalue weighted by molar-refractivity contribution is 5.89. The molecule has 1 unspecified atom stereocenters. The highest BCUT2D eigenvalue weighted by Gasteiger charge is 2.27. The lowest BCUT2D eigenvalue weighted by Crippen LogP contribution is -2.49. The number of fused-ring (bicyclic) bond motifs is 3. The summed E-state index contributed by atoms with van der Waals surface area (Å²) in [4.78, 5) is 21.5. The maximum absolute atomic E-state index is 12.4. The fourth-order valence-corrected chi connectivity index (χ4v) is 4.20. The molecular formula is C21H23N5O. The Balaban J connectivity index is 1.26. The maximum atomic E-state index is 12.4. The van der Waals surface area contributed by atoms with Crippen LogP contribution in [0.5, 0.6) is 0 Å². The Bertz CT molecular complexity index is 1010. The number of nitrogens with zero attached hydrogens (tertiary/aromatic N) is 4. The standard InChI is InChI=1S/C21H23N5O/c27-21-23-19-9-5-4-8-18(19)20-22-16(15-26(20)21)14-24-10-12-25(13-11-24)17-6-2-1-3-7-17/h1-9,16,22H,10-15H2. The van der Waals surface area contributed by atoms with Crippen LogP contribution in [-0.2, 0) is 6.54 Å². The largest absolute Gasteiger partial charge is 0.369 e. The van der Waals surface area contributed by atoms with Crippen LogP contribution in [0.1, 0.15) is 0 Å². The number of anilines is 2. The van der Waals surface area contributed by atoms with Gasteiger partial charge >= 0.3 is 5.69 Å². The van der Waals surface area contributed by atoms with E-state index in [1.54, 1.807) is 4.57 Å². The van der Waals surface area contributed by atoms with Gasteiger partial charge in [0.1, 0.15) is 5.82 Å². The van der Waals surface area contributed by atoms with Crippen molar-refractivity contribution in [1.82, 2.24) is 14.5 Å². The molecule has 0 spiro atoms. The van der Waals surface area contributed by atoms with E-state index in [1.807, 2.05) is 24.3 Å². The van der Waals surface area contributed by atoms with Crippen LogP contribution >= 0.6 is 0 Å². The Labute approximate surface area is 158 Å². The molecular weight excluding hydrogens is 338 g/mol. The second kappa shape index (κ2) is 6.70. The average molecular weight is 361 g/mol. The number of hydrogen-bond acceptors (Lipinski definition) is 5. The molecule has 0 saturated carbocycles. The van der Waals surface area contributed by atoms with Crippen molar-refractivity contribution in [2.24, 2.45) is 0 Å². The van der Waals surface area contributed by atoms with Crippen molar-refractivity contribution in [2.45, 2.75) is 12.6 Å². The minimum atomic E-state index is -0.160. The highest BCUT2D eigenvalue weighted by Crippen LogP contribution is 2.25. The van der Waals surface area contributed by atoms with Gasteiger partial charge in [0.05, 0.1) is 18.1 Å². The first-order chi connectivity index (χ1) is 13.3. The Morgan fingerprint density at radius 1 is 0.963 bits per heavy atom. The molecule has 27 heavy (non-hydrogen) atoms. The van der Waals surface area contributed by atoms with Crippen molar-refractivity contribution in [3.05, 3.63) is 65.1 Å². The summed E-state index contributed by atoms with van der Waals surface area (Å²) in [7, 11) is 0. The van der Waals surface area contributed by atoms with E-state index in [0.29, 0.717) is 6.54 Å². The molecule has 0 radical (unpaired) electrons. The summed E-state index contributed by atoms with van der Waals surface area (Å²) < 4.78 is 1.78. The lowest BCUT2D eigenvalue weighted by Gasteiger charge is -2.37. The summed E-state index contributed by atoms with van der Waals surface area (Å²) in [6.45, 7) is 5.78. The Morgan fingerprint density at radius 2 is 1.70 bits per heavy atom. The number of rotatable bonds is 3. The van der Waals surface area contributed by atoms with E-state index in [-0.39, 0.29) is 11.7 Å². The Morgan fingerprint density at radius 3 is 2.52 bits per heavy atom. The van der Waals surface area contributed by atoms with Crippen LogP contribution in [-0.4, -0.2) is 53.2 Å². The van der Waals surface area contributed by atoms with Crippen molar-refractivity contribution >= 4 is 22.4 Å². The minimum Gasteiger partial charge on any atom is -0.369 e. The molecule has 6 heteroatoms. The van der Waals surface area contributed by atoms with Gasteiger partial charge in [0.25, 0.3) is 0 Å². The zero-order chi connectivity index (χ0) is 18.2. The molecule has 1 fully saturated rings. The highest BCUT2D eigenvalue weighted by atomic mass is 16.1. The van der Waals surface area contributed by atoms with E-state index in [1.165, 1.54) is 5.69 Å². The molecule has 5 rings (SSSR count). The van der Waals surface area contributed by atoms with Gasteiger partial charge in [0.15, 0.2) is 0 Å². The van der Waals surface area contributed by atoms with Gasteiger partial charge in [-0.1, -0.05) is 30.3 Å². The fraction of sp³-hybridized carbons (Fsp3) is 0.333. The predicted octanol–water partition coefficient (Wildman–Crippen LogP) is 2.01. The number of nitrogens with one attached hydrogen (secondary N) is 1. The van der Waals surface area contributed by atoms with Crippen LogP contribution in [0, 0.1) is 0 Å². The van der Waals surface area contributed by atoms with E-state index in [0.717, 1.165) is 49.4 Å². The summed E-state index contributed by atoms with van der Waals surface area (Å²) >= 11 is 0. The number of aromatic nitrogens is 2. The van der Waals surface area contributed by atoms with E-state index in [4.69, 9.17) is 0 Å². The van der Waals surface area contributed by atoms with Gasteiger partial charge in [-0.15, -0.1) is 0 Å².